The van der Waals surface area contributed by atoms with Crippen LogP contribution in [0.5, 0.6) is 0 Å². The van der Waals surface area contributed by atoms with E-state index in [0.29, 0.717) is 23.3 Å². The first-order chi connectivity index (χ1) is 33.7. The van der Waals surface area contributed by atoms with Gasteiger partial charge in [-0.15, -0.1) is 0 Å². The predicted molar refractivity (Wildman–Crippen MR) is 277 cm³/mol. The van der Waals surface area contributed by atoms with Gasteiger partial charge >= 0.3 is 0 Å². The molecule has 4 aromatic heterocycles. The van der Waals surface area contributed by atoms with Crippen molar-refractivity contribution in [3.63, 3.8) is 0 Å². The summed E-state index contributed by atoms with van der Waals surface area (Å²) in [4.78, 5) is 26.2. The van der Waals surface area contributed by atoms with Crippen molar-refractivity contribution in [2.45, 2.75) is 0 Å². The summed E-state index contributed by atoms with van der Waals surface area (Å²) >= 11 is 0. The summed E-state index contributed by atoms with van der Waals surface area (Å²) in [5.74, 6) is 2.29. The monoisotopic (exact) mass is 869 g/mol. The molecule has 0 saturated carbocycles. The van der Waals surface area contributed by atoms with Gasteiger partial charge in [-0.2, -0.15) is 0 Å². The Labute approximate surface area is 392 Å². The zero-order valence-corrected chi connectivity index (χ0v) is 36.6. The molecule has 68 heavy (non-hydrogen) atoms. The molecule has 7 nitrogen and oxygen atoms in total. The van der Waals surface area contributed by atoms with Crippen LogP contribution in [0, 0.1) is 0 Å². The van der Waals surface area contributed by atoms with E-state index in [1.807, 2.05) is 97.1 Å². The number of aromatic nitrogens is 7. The van der Waals surface area contributed by atoms with Crippen molar-refractivity contribution in [1.29, 1.82) is 0 Å². The van der Waals surface area contributed by atoms with Gasteiger partial charge in [0.05, 0.1) is 39.1 Å². The minimum atomic E-state index is 0.532. The van der Waals surface area contributed by atoms with E-state index < -0.39 is 0 Å². The standard InChI is InChI=1S/C61H39N7/c1-5-19-40(20-6-1)51-39-52(41-21-7-2-8-22-41)63-60(62-51)44-33-35-57(50(37-44)61-65-58(42-23-9-3-10-24-42)64-59(66-61)43-25-11-4-12-26-43)68-55-32-18-15-29-48(55)49-38-45(34-36-56(49)68)67-53-30-16-13-27-46(53)47-28-14-17-31-54(47)67/h1-39H. The lowest BCUT2D eigenvalue weighted by molar-refractivity contribution is 1.06. The van der Waals surface area contributed by atoms with E-state index in [9.17, 15) is 0 Å². The maximum absolute atomic E-state index is 5.32. The number of para-hydroxylation sites is 3. The van der Waals surface area contributed by atoms with Gasteiger partial charge in [-0.1, -0.05) is 176 Å². The van der Waals surface area contributed by atoms with Crippen molar-refractivity contribution in [3.05, 3.63) is 237 Å². The maximum Gasteiger partial charge on any atom is 0.166 e. The van der Waals surface area contributed by atoms with Gasteiger partial charge in [0.25, 0.3) is 0 Å². The smallest absolute Gasteiger partial charge is 0.166 e. The summed E-state index contributed by atoms with van der Waals surface area (Å²) in [5, 5.41) is 4.72. The maximum atomic E-state index is 5.32. The third-order valence-electron chi connectivity index (χ3n) is 12.8. The van der Waals surface area contributed by atoms with Crippen molar-refractivity contribution < 1.29 is 0 Å². The first kappa shape index (κ1) is 39.1. The van der Waals surface area contributed by atoms with Gasteiger partial charge in [-0.05, 0) is 60.7 Å². The molecule has 0 amide bonds. The Bertz CT molecular complexity index is 3840. The number of rotatable bonds is 8. The fourth-order valence-electron chi connectivity index (χ4n) is 9.63. The van der Waals surface area contributed by atoms with E-state index in [4.69, 9.17) is 24.9 Å². The average Bonchev–Trinajstić information content (AvgIpc) is 3.94. The molecule has 7 heteroatoms. The summed E-state index contributed by atoms with van der Waals surface area (Å²) in [6, 6.07) is 82.1. The van der Waals surface area contributed by atoms with Crippen molar-refractivity contribution in [3.8, 4) is 79.4 Å². The second-order valence-electron chi connectivity index (χ2n) is 16.9. The molecule has 0 bridgehead atoms. The lowest BCUT2D eigenvalue weighted by Crippen LogP contribution is -2.04. The number of benzene rings is 9. The SMILES string of the molecule is c1ccc(-c2cc(-c3ccccc3)nc(-c3ccc(-n4c5ccccc5c5cc(-n6c7ccccc7c7ccccc76)ccc54)c(-c4nc(-c5ccccc5)nc(-c5ccccc5)n4)c3)n2)cc1. The van der Waals surface area contributed by atoms with Crippen molar-refractivity contribution in [2.75, 3.05) is 0 Å². The van der Waals surface area contributed by atoms with E-state index in [1.165, 1.54) is 21.8 Å². The Balaban J connectivity index is 1.08. The van der Waals surface area contributed by atoms with Crippen LogP contribution in [0.2, 0.25) is 0 Å². The lowest BCUT2D eigenvalue weighted by Gasteiger charge is -2.17. The molecule has 0 unspecified atom stereocenters. The number of hydrogen-bond donors (Lipinski definition) is 0. The Kier molecular flexibility index (Phi) is 9.35. The topological polar surface area (TPSA) is 74.3 Å². The summed E-state index contributed by atoms with van der Waals surface area (Å²) in [6.07, 6.45) is 0. The molecule has 318 valence electrons. The number of hydrogen-bond acceptors (Lipinski definition) is 5. The van der Waals surface area contributed by atoms with Crippen LogP contribution in [0.1, 0.15) is 0 Å². The van der Waals surface area contributed by atoms with Crippen molar-refractivity contribution >= 4 is 43.6 Å². The molecule has 0 spiro atoms. The van der Waals surface area contributed by atoms with E-state index in [-0.39, 0.29) is 0 Å². The van der Waals surface area contributed by atoms with Crippen LogP contribution in [-0.2, 0) is 0 Å². The van der Waals surface area contributed by atoms with E-state index >= 15 is 0 Å². The summed E-state index contributed by atoms with van der Waals surface area (Å²) in [7, 11) is 0. The average molecular weight is 870 g/mol. The van der Waals surface area contributed by atoms with E-state index in [0.717, 1.165) is 77.9 Å². The molecular formula is C61H39N7. The zero-order chi connectivity index (χ0) is 45.0. The van der Waals surface area contributed by atoms with Gasteiger partial charge in [-0.3, -0.25) is 0 Å². The summed E-state index contributed by atoms with van der Waals surface area (Å²) in [6.45, 7) is 0. The Hall–Kier alpha value is -9.33. The zero-order valence-electron chi connectivity index (χ0n) is 36.6. The Morgan fingerprint density at radius 3 is 1.19 bits per heavy atom. The molecule has 0 atom stereocenters. The lowest BCUT2D eigenvalue weighted by atomic mass is 10.0. The van der Waals surface area contributed by atoms with Gasteiger partial charge in [0.2, 0.25) is 0 Å². The fourth-order valence-corrected chi connectivity index (χ4v) is 9.63. The van der Waals surface area contributed by atoms with Gasteiger partial charge in [0, 0.05) is 60.6 Å². The molecule has 0 aliphatic heterocycles. The van der Waals surface area contributed by atoms with Gasteiger partial charge < -0.3 is 9.13 Å². The Morgan fingerprint density at radius 2 is 0.662 bits per heavy atom. The normalized spacial score (nSPS) is 11.5. The highest BCUT2D eigenvalue weighted by Crippen LogP contribution is 2.40. The molecule has 0 fully saturated rings. The molecule has 9 aromatic carbocycles. The molecule has 4 heterocycles. The minimum absolute atomic E-state index is 0.532. The molecule has 0 aliphatic carbocycles. The second-order valence-corrected chi connectivity index (χ2v) is 16.9. The van der Waals surface area contributed by atoms with Crippen LogP contribution >= 0.6 is 0 Å². The molecule has 0 saturated heterocycles. The first-order valence-electron chi connectivity index (χ1n) is 22.8. The van der Waals surface area contributed by atoms with Crippen LogP contribution in [0.15, 0.2) is 237 Å². The molecule has 0 N–H and O–H groups in total. The van der Waals surface area contributed by atoms with Crippen molar-refractivity contribution in [2.24, 2.45) is 0 Å². The fraction of sp³-hybridized carbons (Fsp3) is 0. The summed E-state index contributed by atoms with van der Waals surface area (Å²) < 4.78 is 4.73. The largest absolute Gasteiger partial charge is 0.309 e. The predicted octanol–water partition coefficient (Wildman–Crippen LogP) is 14.9. The number of nitrogens with zero attached hydrogens (tertiary/aromatic N) is 7. The van der Waals surface area contributed by atoms with Crippen LogP contribution in [0.3, 0.4) is 0 Å². The van der Waals surface area contributed by atoms with E-state index in [1.54, 1.807) is 0 Å². The van der Waals surface area contributed by atoms with Crippen LogP contribution < -0.4 is 0 Å². The number of fused-ring (bicyclic) bond motifs is 6. The van der Waals surface area contributed by atoms with Crippen LogP contribution in [-0.4, -0.2) is 34.1 Å². The van der Waals surface area contributed by atoms with E-state index in [2.05, 4.69) is 149 Å². The molecule has 13 aromatic rings. The van der Waals surface area contributed by atoms with Crippen molar-refractivity contribution in [1.82, 2.24) is 34.1 Å². The third-order valence-corrected chi connectivity index (χ3v) is 12.8. The van der Waals surface area contributed by atoms with Gasteiger partial charge in [0.15, 0.2) is 23.3 Å². The molecule has 0 radical (unpaired) electrons. The highest BCUT2D eigenvalue weighted by molar-refractivity contribution is 6.12. The van der Waals surface area contributed by atoms with Gasteiger partial charge in [-0.25, -0.2) is 24.9 Å². The third kappa shape index (κ3) is 6.72. The first-order valence-corrected chi connectivity index (χ1v) is 22.8. The molecule has 0 aliphatic rings. The van der Waals surface area contributed by atoms with Crippen LogP contribution in [0.4, 0.5) is 0 Å². The van der Waals surface area contributed by atoms with Gasteiger partial charge in [0.1, 0.15) is 0 Å². The van der Waals surface area contributed by atoms with Crippen LogP contribution in [0.25, 0.3) is 123 Å². The highest BCUT2D eigenvalue weighted by atomic mass is 15.1. The molecule has 13 rings (SSSR count). The quantitative estimate of drug-likeness (QED) is 0.152. The highest BCUT2D eigenvalue weighted by Gasteiger charge is 2.22. The Morgan fingerprint density at radius 1 is 0.250 bits per heavy atom. The molecular weight excluding hydrogens is 831 g/mol. The second kappa shape index (κ2) is 16.3. The summed E-state index contributed by atoms with van der Waals surface area (Å²) in [5.41, 5.74) is 13.6. The minimum Gasteiger partial charge on any atom is -0.309 e.